The van der Waals surface area contributed by atoms with Crippen LogP contribution in [0.25, 0.3) is 6.08 Å². The Morgan fingerprint density at radius 1 is 1.00 bits per heavy atom. The Labute approximate surface area is 135 Å². The van der Waals surface area contributed by atoms with Crippen molar-refractivity contribution in [1.29, 1.82) is 0 Å². The number of nitrogens with zero attached hydrogens (tertiary/aromatic N) is 1. The number of alkyl halides is 3. The van der Waals surface area contributed by atoms with Gasteiger partial charge in [-0.15, -0.1) is 0 Å². The van der Waals surface area contributed by atoms with Gasteiger partial charge in [-0.3, -0.25) is 10.1 Å². The zero-order valence-electron chi connectivity index (χ0n) is 11.9. The van der Waals surface area contributed by atoms with Crippen LogP contribution in [0.5, 0.6) is 0 Å². The number of sulfone groups is 1. The normalized spacial score (nSPS) is 12.5. The molecular weight excluding hydrogens is 347 g/mol. The lowest BCUT2D eigenvalue weighted by Gasteiger charge is -2.09. The van der Waals surface area contributed by atoms with Gasteiger partial charge in [0.2, 0.25) is 0 Å². The van der Waals surface area contributed by atoms with Gasteiger partial charge in [-0.1, -0.05) is 18.2 Å². The summed E-state index contributed by atoms with van der Waals surface area (Å²) in [6.07, 6.45) is -3.77. The van der Waals surface area contributed by atoms with E-state index in [2.05, 4.69) is 0 Å². The first-order chi connectivity index (χ1) is 11.1. The molecule has 0 aliphatic heterocycles. The average Bonchev–Trinajstić information content (AvgIpc) is 2.52. The molecule has 0 fully saturated rings. The van der Waals surface area contributed by atoms with E-state index in [4.69, 9.17) is 0 Å². The molecule has 5 nitrogen and oxygen atoms in total. The van der Waals surface area contributed by atoms with Crippen LogP contribution in [0.1, 0.15) is 11.1 Å². The van der Waals surface area contributed by atoms with E-state index < -0.39 is 26.5 Å². The number of rotatable bonds is 4. The molecule has 2 rings (SSSR count). The van der Waals surface area contributed by atoms with Gasteiger partial charge in [0.1, 0.15) is 0 Å². The lowest BCUT2D eigenvalue weighted by molar-refractivity contribution is -0.384. The van der Waals surface area contributed by atoms with E-state index in [1.807, 2.05) is 0 Å². The molecule has 0 amide bonds. The van der Waals surface area contributed by atoms with E-state index in [1.54, 1.807) is 0 Å². The molecular formula is C15H10F3NO4S. The summed E-state index contributed by atoms with van der Waals surface area (Å²) in [6, 6.07) is 8.59. The van der Waals surface area contributed by atoms with Crippen LogP contribution in [-0.2, 0) is 16.0 Å². The average molecular weight is 357 g/mol. The minimum absolute atomic E-state index is 0.256. The van der Waals surface area contributed by atoms with Crippen LogP contribution in [0.2, 0.25) is 0 Å². The third kappa shape index (κ3) is 3.99. The van der Waals surface area contributed by atoms with Gasteiger partial charge in [0.25, 0.3) is 5.69 Å². The van der Waals surface area contributed by atoms with Gasteiger partial charge in [0.15, 0.2) is 9.84 Å². The van der Waals surface area contributed by atoms with Crippen molar-refractivity contribution >= 4 is 21.6 Å². The maximum atomic E-state index is 12.9. The molecule has 24 heavy (non-hydrogen) atoms. The number of hydrogen-bond donors (Lipinski definition) is 0. The van der Waals surface area contributed by atoms with Crippen molar-refractivity contribution in [2.75, 3.05) is 0 Å². The highest BCUT2D eigenvalue weighted by Crippen LogP contribution is 2.32. The van der Waals surface area contributed by atoms with Crippen LogP contribution in [0, 0.1) is 10.1 Å². The van der Waals surface area contributed by atoms with Gasteiger partial charge in [-0.05, 0) is 29.8 Å². The Balaban J connectivity index is 2.36. The van der Waals surface area contributed by atoms with Crippen LogP contribution in [-0.4, -0.2) is 13.3 Å². The maximum Gasteiger partial charge on any atom is 0.416 e. The minimum atomic E-state index is -4.61. The topological polar surface area (TPSA) is 77.3 Å². The Morgan fingerprint density at radius 3 is 2.12 bits per heavy atom. The molecule has 0 aliphatic rings. The maximum absolute atomic E-state index is 12.9. The Hall–Kier alpha value is -2.68. The second-order valence-electron chi connectivity index (χ2n) is 4.68. The highest BCUT2D eigenvalue weighted by Gasteiger charge is 2.32. The van der Waals surface area contributed by atoms with Crippen LogP contribution < -0.4 is 0 Å². The molecule has 0 heterocycles. The molecule has 2 aromatic carbocycles. The van der Waals surface area contributed by atoms with Gasteiger partial charge < -0.3 is 0 Å². The van der Waals surface area contributed by atoms with Crippen molar-refractivity contribution < 1.29 is 26.5 Å². The van der Waals surface area contributed by atoms with E-state index in [1.165, 1.54) is 12.1 Å². The highest BCUT2D eigenvalue weighted by atomic mass is 32.2. The molecule has 0 aliphatic carbocycles. The number of hydrogen-bond acceptors (Lipinski definition) is 4. The Kier molecular flexibility index (Phi) is 4.74. The van der Waals surface area contributed by atoms with Crippen LogP contribution >= 0.6 is 0 Å². The summed E-state index contributed by atoms with van der Waals surface area (Å²) >= 11 is 0. The molecule has 0 unspecified atom stereocenters. The standard InChI is InChI=1S/C15H10F3NO4S/c16-15(17,18)14-4-2-1-3-11(14)9-10-24(22,23)13-7-5-12(6-8-13)19(20)21/h1-10H/b10-9+. The SMILES string of the molecule is O=[N+]([O-])c1ccc(S(=O)(=O)/C=C/c2ccccc2C(F)(F)F)cc1. The lowest BCUT2D eigenvalue weighted by Crippen LogP contribution is -2.07. The van der Waals surface area contributed by atoms with Crippen molar-refractivity contribution in [3.63, 3.8) is 0 Å². The molecule has 0 saturated carbocycles. The fourth-order valence-corrected chi connectivity index (χ4v) is 2.90. The fraction of sp³-hybridized carbons (Fsp3) is 0.0667. The molecule has 0 atom stereocenters. The summed E-state index contributed by atoms with van der Waals surface area (Å²) in [6.45, 7) is 0. The fourth-order valence-electron chi connectivity index (χ4n) is 1.90. The first-order valence-corrected chi connectivity index (χ1v) is 8.00. The molecule has 0 saturated heterocycles. The first kappa shape index (κ1) is 17.7. The number of nitro benzene ring substituents is 1. The summed E-state index contributed by atoms with van der Waals surface area (Å²) < 4.78 is 62.8. The van der Waals surface area contributed by atoms with E-state index in [9.17, 15) is 31.7 Å². The smallest absolute Gasteiger partial charge is 0.258 e. The van der Waals surface area contributed by atoms with Crippen molar-refractivity contribution in [2.45, 2.75) is 11.1 Å². The third-order valence-electron chi connectivity index (χ3n) is 3.07. The van der Waals surface area contributed by atoms with Crippen molar-refractivity contribution in [3.05, 3.63) is 75.2 Å². The zero-order valence-corrected chi connectivity index (χ0v) is 12.7. The number of nitro groups is 1. The molecule has 126 valence electrons. The van der Waals surface area contributed by atoms with Gasteiger partial charge in [0.05, 0.1) is 15.4 Å². The summed E-state index contributed by atoms with van der Waals surface area (Å²) in [5.41, 5.74) is -1.55. The predicted octanol–water partition coefficient (Wildman–Crippen LogP) is 4.06. The molecule has 2 aromatic rings. The van der Waals surface area contributed by atoms with Gasteiger partial charge in [-0.25, -0.2) is 8.42 Å². The van der Waals surface area contributed by atoms with Crippen LogP contribution in [0.3, 0.4) is 0 Å². The summed E-state index contributed by atoms with van der Waals surface area (Å²) in [5, 5.41) is 11.2. The second kappa shape index (κ2) is 6.44. The van der Waals surface area contributed by atoms with Crippen molar-refractivity contribution in [3.8, 4) is 0 Å². The van der Waals surface area contributed by atoms with Gasteiger partial charge in [0, 0.05) is 17.5 Å². The van der Waals surface area contributed by atoms with Crippen molar-refractivity contribution in [1.82, 2.24) is 0 Å². The third-order valence-corrected chi connectivity index (χ3v) is 4.49. The van der Waals surface area contributed by atoms with Crippen LogP contribution in [0.15, 0.2) is 58.8 Å². The Morgan fingerprint density at radius 2 is 1.58 bits per heavy atom. The molecule has 0 radical (unpaired) electrons. The molecule has 0 aromatic heterocycles. The largest absolute Gasteiger partial charge is 0.416 e. The monoisotopic (exact) mass is 357 g/mol. The van der Waals surface area contributed by atoms with E-state index in [0.29, 0.717) is 5.41 Å². The Bertz CT molecular complexity index is 888. The molecule has 0 bridgehead atoms. The zero-order chi connectivity index (χ0) is 18.0. The molecule has 9 heteroatoms. The van der Waals surface area contributed by atoms with Crippen molar-refractivity contribution in [2.24, 2.45) is 0 Å². The van der Waals surface area contributed by atoms with Gasteiger partial charge in [-0.2, -0.15) is 13.2 Å². The van der Waals surface area contributed by atoms with Gasteiger partial charge >= 0.3 is 6.18 Å². The number of non-ortho nitro benzene ring substituents is 1. The summed E-state index contributed by atoms with van der Waals surface area (Å²) in [7, 11) is -4.03. The van der Waals surface area contributed by atoms with E-state index in [-0.39, 0.29) is 16.1 Å². The number of benzene rings is 2. The highest BCUT2D eigenvalue weighted by molar-refractivity contribution is 7.94. The summed E-state index contributed by atoms with van der Waals surface area (Å²) in [5.74, 6) is 0. The summed E-state index contributed by atoms with van der Waals surface area (Å²) in [4.78, 5) is 9.60. The first-order valence-electron chi connectivity index (χ1n) is 6.45. The van der Waals surface area contributed by atoms with E-state index in [0.717, 1.165) is 42.5 Å². The predicted molar refractivity (Wildman–Crippen MR) is 80.8 cm³/mol. The van der Waals surface area contributed by atoms with Crippen LogP contribution in [0.4, 0.5) is 18.9 Å². The number of halogens is 3. The molecule has 0 spiro atoms. The lowest BCUT2D eigenvalue weighted by atomic mass is 10.1. The molecule has 0 N–H and O–H groups in total. The van der Waals surface area contributed by atoms with E-state index >= 15 is 0 Å². The minimum Gasteiger partial charge on any atom is -0.258 e. The second-order valence-corrected chi connectivity index (χ2v) is 6.52. The quantitative estimate of drug-likeness (QED) is 0.611.